The number of aryl methyl sites for hydroxylation is 1. The Morgan fingerprint density at radius 3 is 2.37 bits per heavy atom. The molecule has 0 saturated carbocycles. The minimum Gasteiger partial charge on any atom is -0.424 e. The smallest absolute Gasteiger partial charge is 0.230 e. The van der Waals surface area contributed by atoms with E-state index in [1.807, 2.05) is 18.2 Å². The molecule has 0 amide bonds. The third-order valence-corrected chi connectivity index (χ3v) is 5.35. The molecule has 1 aliphatic rings. The molecule has 0 radical (unpaired) electrons. The lowest BCUT2D eigenvalue weighted by molar-refractivity contribution is 0.224. The third kappa shape index (κ3) is 4.19. The van der Waals surface area contributed by atoms with Crippen LogP contribution in [0.4, 0.5) is 5.69 Å². The zero-order valence-electron chi connectivity index (χ0n) is 16.1. The molecule has 140 valence electrons. The van der Waals surface area contributed by atoms with Crippen molar-refractivity contribution in [2.45, 2.75) is 26.8 Å². The minimum absolute atomic E-state index is 0.685. The van der Waals surface area contributed by atoms with Crippen molar-refractivity contribution in [2.75, 3.05) is 31.1 Å². The van der Waals surface area contributed by atoms with E-state index < -0.39 is 0 Å². The number of rotatable bonds is 5. The summed E-state index contributed by atoms with van der Waals surface area (Å²) in [6.45, 7) is 9.17. The second-order valence-corrected chi connectivity index (χ2v) is 7.23. The van der Waals surface area contributed by atoms with Crippen LogP contribution in [0.15, 0.2) is 52.9 Å². The average Bonchev–Trinajstić information content (AvgIpc) is 3.12. The number of benzene rings is 2. The van der Waals surface area contributed by atoms with E-state index in [0.717, 1.165) is 32.7 Å². The highest BCUT2D eigenvalue weighted by molar-refractivity contribution is 5.56. The van der Waals surface area contributed by atoms with Gasteiger partial charge in [-0.15, -0.1) is 10.2 Å². The van der Waals surface area contributed by atoms with Crippen molar-refractivity contribution < 1.29 is 4.42 Å². The molecule has 3 aromatic rings. The molecule has 4 rings (SSSR count). The Kier molecular flexibility index (Phi) is 5.21. The Hall–Kier alpha value is -2.66. The van der Waals surface area contributed by atoms with Gasteiger partial charge in [0.2, 0.25) is 11.8 Å². The number of hydrogen-bond donors (Lipinski definition) is 0. The lowest BCUT2D eigenvalue weighted by Gasteiger charge is -2.36. The van der Waals surface area contributed by atoms with Crippen LogP contribution >= 0.6 is 0 Å². The highest BCUT2D eigenvalue weighted by atomic mass is 16.4. The Balaban J connectivity index is 1.32. The molecule has 1 aromatic heterocycles. The van der Waals surface area contributed by atoms with Gasteiger partial charge in [0, 0.05) is 31.9 Å². The van der Waals surface area contributed by atoms with Gasteiger partial charge in [0.1, 0.15) is 0 Å². The third-order valence-electron chi connectivity index (χ3n) is 5.35. The zero-order chi connectivity index (χ0) is 18.6. The van der Waals surface area contributed by atoms with Gasteiger partial charge in [-0.3, -0.25) is 4.90 Å². The average molecular weight is 362 g/mol. The van der Waals surface area contributed by atoms with Crippen LogP contribution < -0.4 is 4.90 Å². The first kappa shape index (κ1) is 17.7. The second kappa shape index (κ2) is 7.92. The molecule has 5 heteroatoms. The van der Waals surface area contributed by atoms with E-state index in [4.69, 9.17) is 4.42 Å². The van der Waals surface area contributed by atoms with Gasteiger partial charge in [-0.2, -0.15) is 0 Å². The summed E-state index contributed by atoms with van der Waals surface area (Å²) in [6.07, 6.45) is 0.689. The quantitative estimate of drug-likeness (QED) is 0.694. The van der Waals surface area contributed by atoms with Gasteiger partial charge in [-0.25, -0.2) is 0 Å². The molecule has 1 saturated heterocycles. The molecule has 0 N–H and O–H groups in total. The standard InChI is InChI=1S/C22H26N4O/c1-17-7-6-10-20(18(17)2)26-13-11-25(12-14-26)16-22-24-23-21(27-22)15-19-8-4-3-5-9-19/h3-10H,11-16H2,1-2H3. The summed E-state index contributed by atoms with van der Waals surface area (Å²) in [5, 5.41) is 8.44. The van der Waals surface area contributed by atoms with E-state index in [1.165, 1.54) is 22.4 Å². The maximum atomic E-state index is 5.86. The first-order valence-electron chi connectivity index (χ1n) is 9.58. The van der Waals surface area contributed by atoms with E-state index in [-0.39, 0.29) is 0 Å². The number of nitrogens with zero attached hydrogens (tertiary/aromatic N) is 4. The predicted molar refractivity (Wildman–Crippen MR) is 107 cm³/mol. The monoisotopic (exact) mass is 362 g/mol. The van der Waals surface area contributed by atoms with Crippen molar-refractivity contribution in [1.82, 2.24) is 15.1 Å². The molecule has 0 atom stereocenters. The number of hydrogen-bond acceptors (Lipinski definition) is 5. The highest BCUT2D eigenvalue weighted by Gasteiger charge is 2.20. The minimum atomic E-state index is 0.685. The summed E-state index contributed by atoms with van der Waals surface area (Å²) >= 11 is 0. The van der Waals surface area contributed by atoms with Gasteiger partial charge in [-0.05, 0) is 36.6 Å². The molecule has 1 aliphatic heterocycles. The van der Waals surface area contributed by atoms with Gasteiger partial charge < -0.3 is 9.32 Å². The summed E-state index contributed by atoms with van der Waals surface area (Å²) in [5.41, 5.74) is 5.28. The van der Waals surface area contributed by atoms with Gasteiger partial charge in [0.15, 0.2) is 0 Å². The van der Waals surface area contributed by atoms with Crippen LogP contribution in [0.2, 0.25) is 0 Å². The van der Waals surface area contributed by atoms with Crippen molar-refractivity contribution in [1.29, 1.82) is 0 Å². The van der Waals surface area contributed by atoms with Crippen molar-refractivity contribution in [3.05, 3.63) is 77.0 Å². The zero-order valence-corrected chi connectivity index (χ0v) is 16.1. The fourth-order valence-corrected chi connectivity index (χ4v) is 3.61. The van der Waals surface area contributed by atoms with Crippen LogP contribution in [-0.4, -0.2) is 41.3 Å². The fraction of sp³-hybridized carbons (Fsp3) is 0.364. The summed E-state index contributed by atoms with van der Waals surface area (Å²) in [4.78, 5) is 4.87. The first-order valence-corrected chi connectivity index (χ1v) is 9.58. The summed E-state index contributed by atoms with van der Waals surface area (Å²) in [7, 11) is 0. The summed E-state index contributed by atoms with van der Waals surface area (Å²) in [5.74, 6) is 1.39. The van der Waals surface area contributed by atoms with Crippen LogP contribution in [0.5, 0.6) is 0 Å². The molecule has 0 aliphatic carbocycles. The highest BCUT2D eigenvalue weighted by Crippen LogP contribution is 2.24. The predicted octanol–water partition coefficient (Wildman–Crippen LogP) is 3.60. The fourth-order valence-electron chi connectivity index (χ4n) is 3.61. The van der Waals surface area contributed by atoms with Gasteiger partial charge >= 0.3 is 0 Å². The largest absolute Gasteiger partial charge is 0.424 e. The van der Waals surface area contributed by atoms with Crippen LogP contribution in [0.1, 0.15) is 28.5 Å². The molecule has 0 unspecified atom stereocenters. The summed E-state index contributed by atoms with van der Waals surface area (Å²) in [6, 6.07) is 16.8. The van der Waals surface area contributed by atoms with E-state index in [0.29, 0.717) is 18.2 Å². The molecule has 1 fully saturated rings. The normalized spacial score (nSPS) is 15.3. The Morgan fingerprint density at radius 1 is 0.852 bits per heavy atom. The van der Waals surface area contributed by atoms with Crippen LogP contribution in [-0.2, 0) is 13.0 Å². The van der Waals surface area contributed by atoms with Crippen molar-refractivity contribution in [3.8, 4) is 0 Å². The molecular formula is C22H26N4O. The lowest BCUT2D eigenvalue weighted by Crippen LogP contribution is -2.46. The molecular weight excluding hydrogens is 336 g/mol. The molecule has 2 aromatic carbocycles. The van der Waals surface area contributed by atoms with Crippen LogP contribution in [0, 0.1) is 13.8 Å². The van der Waals surface area contributed by atoms with E-state index >= 15 is 0 Å². The van der Waals surface area contributed by atoms with Gasteiger partial charge in [-0.1, -0.05) is 42.5 Å². The maximum Gasteiger partial charge on any atom is 0.230 e. The van der Waals surface area contributed by atoms with Crippen LogP contribution in [0.3, 0.4) is 0 Å². The van der Waals surface area contributed by atoms with Gasteiger partial charge in [0.25, 0.3) is 0 Å². The Bertz CT molecular complexity index is 882. The number of piperazine rings is 1. The maximum absolute atomic E-state index is 5.86. The lowest BCUT2D eigenvalue weighted by atomic mass is 10.1. The van der Waals surface area contributed by atoms with Crippen molar-refractivity contribution >= 4 is 5.69 Å². The van der Waals surface area contributed by atoms with E-state index in [9.17, 15) is 0 Å². The van der Waals surface area contributed by atoms with E-state index in [1.54, 1.807) is 0 Å². The molecule has 0 bridgehead atoms. The number of anilines is 1. The topological polar surface area (TPSA) is 45.4 Å². The molecule has 0 spiro atoms. The SMILES string of the molecule is Cc1cccc(N2CCN(Cc3nnc(Cc4ccccc4)o3)CC2)c1C. The van der Waals surface area contributed by atoms with Crippen LogP contribution in [0.25, 0.3) is 0 Å². The first-order chi connectivity index (χ1) is 13.2. The Morgan fingerprint density at radius 2 is 1.59 bits per heavy atom. The molecule has 2 heterocycles. The van der Waals surface area contributed by atoms with E-state index in [2.05, 4.69) is 64.2 Å². The molecule has 5 nitrogen and oxygen atoms in total. The van der Waals surface area contributed by atoms with Gasteiger partial charge in [0.05, 0.1) is 13.0 Å². The second-order valence-electron chi connectivity index (χ2n) is 7.23. The Labute approximate surface area is 160 Å². The van der Waals surface area contributed by atoms with Crippen molar-refractivity contribution in [3.63, 3.8) is 0 Å². The molecule has 27 heavy (non-hydrogen) atoms. The summed E-state index contributed by atoms with van der Waals surface area (Å²) < 4.78 is 5.86. The van der Waals surface area contributed by atoms with Crippen molar-refractivity contribution in [2.24, 2.45) is 0 Å². The number of aromatic nitrogens is 2.